The van der Waals surface area contributed by atoms with Crippen LogP contribution in [0.3, 0.4) is 0 Å². The predicted octanol–water partition coefficient (Wildman–Crippen LogP) is 2.46. The second kappa shape index (κ2) is 6.51. The van der Waals surface area contributed by atoms with E-state index in [9.17, 15) is 0 Å². The second-order valence-electron chi connectivity index (χ2n) is 8.36. The molecule has 0 amide bonds. The Balaban J connectivity index is 1.42. The normalized spacial score (nSPS) is 25.6. The van der Waals surface area contributed by atoms with Crippen molar-refractivity contribution in [3.8, 4) is 0 Å². The summed E-state index contributed by atoms with van der Waals surface area (Å²) in [5.41, 5.74) is 1.57. The van der Waals surface area contributed by atoms with E-state index in [1.54, 1.807) is 16.8 Å². The van der Waals surface area contributed by atoms with Gasteiger partial charge in [-0.15, -0.1) is 11.3 Å². The molecule has 0 spiro atoms. The SMILES string of the molecule is C[C@@H]1CCc2sc3ncnc(N4CC[NH+](C5CCCC5)CC4)c3c2C1. The Kier molecular flexibility index (Phi) is 4.17. The summed E-state index contributed by atoms with van der Waals surface area (Å²) in [5.74, 6) is 2.02. The van der Waals surface area contributed by atoms with Crippen LogP contribution in [0.4, 0.5) is 5.82 Å². The number of quaternary nitrogens is 1. The molecule has 2 aliphatic carbocycles. The van der Waals surface area contributed by atoms with Crippen LogP contribution < -0.4 is 9.80 Å². The summed E-state index contributed by atoms with van der Waals surface area (Å²) in [6.45, 7) is 7.24. The van der Waals surface area contributed by atoms with E-state index in [0.29, 0.717) is 0 Å². The molecule has 0 radical (unpaired) electrons. The molecular formula is C20H29N4S+. The number of nitrogens with one attached hydrogen (secondary N) is 1. The zero-order valence-corrected chi connectivity index (χ0v) is 16.1. The molecule has 2 aromatic heterocycles. The molecule has 1 aliphatic heterocycles. The molecule has 25 heavy (non-hydrogen) atoms. The van der Waals surface area contributed by atoms with Gasteiger partial charge in [-0.05, 0) is 56.4 Å². The van der Waals surface area contributed by atoms with Crippen LogP contribution >= 0.6 is 11.3 Å². The summed E-state index contributed by atoms with van der Waals surface area (Å²) in [4.78, 5) is 16.6. The third-order valence-electron chi connectivity index (χ3n) is 6.71. The molecule has 1 atom stereocenters. The first-order valence-corrected chi connectivity index (χ1v) is 11.0. The minimum Gasteiger partial charge on any atom is -0.345 e. The zero-order chi connectivity index (χ0) is 16.8. The molecule has 0 unspecified atom stereocenters. The Bertz CT molecular complexity index is 756. The number of hydrogen-bond donors (Lipinski definition) is 1. The summed E-state index contributed by atoms with van der Waals surface area (Å²) < 4.78 is 0. The molecule has 134 valence electrons. The summed E-state index contributed by atoms with van der Waals surface area (Å²) in [6.07, 6.45) is 11.4. The van der Waals surface area contributed by atoms with Crippen LogP contribution in [0.25, 0.3) is 10.2 Å². The quantitative estimate of drug-likeness (QED) is 0.896. The van der Waals surface area contributed by atoms with Gasteiger partial charge in [0.2, 0.25) is 0 Å². The first kappa shape index (κ1) is 16.0. The number of aromatic nitrogens is 2. The number of piperazine rings is 1. The number of aryl methyl sites for hydroxylation is 1. The largest absolute Gasteiger partial charge is 0.345 e. The molecule has 3 heterocycles. The highest BCUT2D eigenvalue weighted by Crippen LogP contribution is 2.40. The van der Waals surface area contributed by atoms with Gasteiger partial charge in [-0.3, -0.25) is 0 Å². The molecule has 1 N–H and O–H groups in total. The third-order valence-corrected chi connectivity index (χ3v) is 7.91. The van der Waals surface area contributed by atoms with Crippen molar-refractivity contribution >= 4 is 27.4 Å². The molecular weight excluding hydrogens is 328 g/mol. The van der Waals surface area contributed by atoms with E-state index in [2.05, 4.69) is 16.8 Å². The number of hydrogen-bond acceptors (Lipinski definition) is 4. The molecule has 2 fully saturated rings. The van der Waals surface area contributed by atoms with Crippen molar-refractivity contribution in [2.45, 2.75) is 57.9 Å². The van der Waals surface area contributed by atoms with Crippen LogP contribution in [0, 0.1) is 5.92 Å². The number of rotatable bonds is 2. The van der Waals surface area contributed by atoms with E-state index in [-0.39, 0.29) is 0 Å². The van der Waals surface area contributed by atoms with Crippen molar-refractivity contribution in [2.75, 3.05) is 31.1 Å². The Morgan fingerprint density at radius 2 is 1.92 bits per heavy atom. The molecule has 1 saturated heterocycles. The van der Waals surface area contributed by atoms with Gasteiger partial charge in [-0.1, -0.05) is 6.92 Å². The standard InChI is InChI=1S/C20H28N4S/c1-14-6-7-17-16(12-14)18-19(21-13-22-20(18)25-17)24-10-8-23(9-11-24)15-4-2-3-5-15/h13-15H,2-12H2,1H3/p+1/t14-/m1/s1. The maximum Gasteiger partial charge on any atom is 0.141 e. The Labute approximate surface area is 154 Å². The summed E-state index contributed by atoms with van der Waals surface area (Å²) in [6, 6.07) is 0.933. The van der Waals surface area contributed by atoms with Gasteiger partial charge in [-0.2, -0.15) is 0 Å². The van der Waals surface area contributed by atoms with Gasteiger partial charge in [0, 0.05) is 4.88 Å². The Morgan fingerprint density at radius 3 is 2.72 bits per heavy atom. The van der Waals surface area contributed by atoms with Crippen molar-refractivity contribution in [1.82, 2.24) is 9.97 Å². The lowest BCUT2D eigenvalue weighted by Crippen LogP contribution is -3.18. The minimum absolute atomic E-state index is 0.794. The highest BCUT2D eigenvalue weighted by Gasteiger charge is 2.31. The second-order valence-corrected chi connectivity index (χ2v) is 9.44. The fourth-order valence-corrected chi connectivity index (χ4v) is 6.43. The average Bonchev–Trinajstić information content (AvgIpc) is 3.29. The lowest BCUT2D eigenvalue weighted by Gasteiger charge is -2.36. The van der Waals surface area contributed by atoms with Crippen LogP contribution in [0.5, 0.6) is 0 Å². The minimum atomic E-state index is 0.794. The van der Waals surface area contributed by atoms with E-state index in [4.69, 9.17) is 4.98 Å². The predicted molar refractivity (Wildman–Crippen MR) is 104 cm³/mol. The molecule has 5 heteroatoms. The van der Waals surface area contributed by atoms with Gasteiger partial charge in [0.25, 0.3) is 0 Å². The first-order chi connectivity index (χ1) is 12.3. The highest BCUT2D eigenvalue weighted by atomic mass is 32.1. The maximum atomic E-state index is 4.77. The monoisotopic (exact) mass is 357 g/mol. The van der Waals surface area contributed by atoms with Crippen molar-refractivity contribution in [2.24, 2.45) is 5.92 Å². The summed E-state index contributed by atoms with van der Waals surface area (Å²) >= 11 is 1.92. The number of anilines is 1. The Hall–Kier alpha value is -1.20. The van der Waals surface area contributed by atoms with Crippen LogP contribution in [-0.2, 0) is 12.8 Å². The highest BCUT2D eigenvalue weighted by molar-refractivity contribution is 7.19. The van der Waals surface area contributed by atoms with Crippen molar-refractivity contribution < 1.29 is 4.90 Å². The summed E-state index contributed by atoms with van der Waals surface area (Å²) in [5, 5.41) is 1.39. The maximum absolute atomic E-state index is 4.77. The lowest BCUT2D eigenvalue weighted by molar-refractivity contribution is -0.925. The van der Waals surface area contributed by atoms with Crippen LogP contribution in [0.2, 0.25) is 0 Å². The van der Waals surface area contributed by atoms with Crippen molar-refractivity contribution in [1.29, 1.82) is 0 Å². The van der Waals surface area contributed by atoms with Crippen LogP contribution in [0.15, 0.2) is 6.33 Å². The van der Waals surface area contributed by atoms with Gasteiger partial charge in [0.1, 0.15) is 17.0 Å². The molecule has 1 saturated carbocycles. The van der Waals surface area contributed by atoms with Gasteiger partial charge < -0.3 is 9.80 Å². The molecule has 0 bridgehead atoms. The van der Waals surface area contributed by atoms with E-state index in [1.807, 2.05) is 16.2 Å². The number of thiophene rings is 1. The van der Waals surface area contributed by atoms with E-state index < -0.39 is 0 Å². The van der Waals surface area contributed by atoms with Crippen LogP contribution in [-0.4, -0.2) is 42.2 Å². The lowest BCUT2D eigenvalue weighted by atomic mass is 9.88. The van der Waals surface area contributed by atoms with Crippen LogP contribution in [0.1, 0.15) is 49.5 Å². The van der Waals surface area contributed by atoms with E-state index >= 15 is 0 Å². The van der Waals surface area contributed by atoms with Crippen molar-refractivity contribution in [3.05, 3.63) is 16.8 Å². The molecule has 3 aliphatic rings. The van der Waals surface area contributed by atoms with Gasteiger partial charge in [-0.25, -0.2) is 9.97 Å². The topological polar surface area (TPSA) is 33.5 Å². The molecule has 0 aromatic carbocycles. The number of fused-ring (bicyclic) bond motifs is 3. The van der Waals surface area contributed by atoms with E-state index in [1.165, 1.54) is 74.1 Å². The van der Waals surface area contributed by atoms with Gasteiger partial charge in [0.15, 0.2) is 0 Å². The molecule has 5 rings (SSSR count). The third kappa shape index (κ3) is 2.85. The first-order valence-electron chi connectivity index (χ1n) is 10.1. The number of nitrogens with zero attached hydrogens (tertiary/aromatic N) is 3. The Morgan fingerprint density at radius 1 is 1.12 bits per heavy atom. The van der Waals surface area contributed by atoms with E-state index in [0.717, 1.165) is 25.0 Å². The fraction of sp³-hybridized carbons (Fsp3) is 0.700. The summed E-state index contributed by atoms with van der Waals surface area (Å²) in [7, 11) is 0. The van der Waals surface area contributed by atoms with Gasteiger partial charge in [0.05, 0.1) is 37.6 Å². The van der Waals surface area contributed by atoms with Gasteiger partial charge >= 0.3 is 0 Å². The zero-order valence-electron chi connectivity index (χ0n) is 15.3. The molecule has 2 aromatic rings. The fourth-order valence-electron chi connectivity index (χ4n) is 5.25. The van der Waals surface area contributed by atoms with Crippen molar-refractivity contribution in [3.63, 3.8) is 0 Å². The molecule has 4 nitrogen and oxygen atoms in total. The average molecular weight is 358 g/mol. The smallest absolute Gasteiger partial charge is 0.141 e.